The minimum Gasteiger partial charge on any atom is -0.328 e. The highest BCUT2D eigenvalue weighted by Crippen LogP contribution is 2.21. The fourth-order valence-corrected chi connectivity index (χ4v) is 1.54. The minimum absolute atomic E-state index is 0.403. The average molecular weight is 174 g/mol. The van der Waals surface area contributed by atoms with Crippen LogP contribution in [0.25, 0.3) is 0 Å². The Kier molecular flexibility index (Phi) is 2.05. The van der Waals surface area contributed by atoms with Crippen LogP contribution in [0.15, 0.2) is 35.3 Å². The molecule has 2 unspecified atom stereocenters. The van der Waals surface area contributed by atoms with Crippen LogP contribution < -0.4 is 4.90 Å². The molecule has 0 aliphatic carbocycles. The van der Waals surface area contributed by atoms with Gasteiger partial charge in [0.25, 0.3) is 0 Å². The third-order valence-electron chi connectivity index (χ3n) is 2.62. The summed E-state index contributed by atoms with van der Waals surface area (Å²) in [5.74, 6) is 0. The van der Waals surface area contributed by atoms with Gasteiger partial charge in [-0.3, -0.25) is 4.99 Å². The molecule has 0 amide bonds. The second-order valence-corrected chi connectivity index (χ2v) is 3.49. The number of nitrogens with zero attached hydrogens (tertiary/aromatic N) is 2. The lowest BCUT2D eigenvalue weighted by molar-refractivity contribution is 0.640. The first-order valence-corrected chi connectivity index (χ1v) is 4.66. The molecule has 1 aliphatic rings. The van der Waals surface area contributed by atoms with E-state index in [1.807, 2.05) is 12.4 Å². The van der Waals surface area contributed by atoms with Crippen LogP contribution in [0.3, 0.4) is 0 Å². The molecule has 0 saturated heterocycles. The molecule has 1 heterocycles. The fraction of sp³-hybridized carbons (Fsp3) is 0.364. The normalized spacial score (nSPS) is 26.8. The molecule has 1 aliphatic heterocycles. The van der Waals surface area contributed by atoms with Crippen molar-refractivity contribution in [2.45, 2.75) is 25.9 Å². The van der Waals surface area contributed by atoms with Crippen LogP contribution in [-0.2, 0) is 0 Å². The summed E-state index contributed by atoms with van der Waals surface area (Å²) in [6.45, 7) is 4.34. The smallest absolute Gasteiger partial charge is 0.0901 e. The Morgan fingerprint density at radius 3 is 2.38 bits per heavy atom. The predicted octanol–water partition coefficient (Wildman–Crippen LogP) is 2.31. The number of hydrogen-bond donors (Lipinski definition) is 0. The summed E-state index contributed by atoms with van der Waals surface area (Å²) in [4.78, 5) is 6.59. The van der Waals surface area contributed by atoms with Crippen molar-refractivity contribution in [3.8, 4) is 0 Å². The van der Waals surface area contributed by atoms with Crippen LogP contribution in [0.1, 0.15) is 13.8 Å². The number of hydrogen-bond acceptors (Lipinski definition) is 2. The van der Waals surface area contributed by atoms with Gasteiger partial charge in [-0.15, -0.1) is 0 Å². The summed E-state index contributed by atoms with van der Waals surface area (Å²) in [6.07, 6.45) is 1.94. The second-order valence-electron chi connectivity index (χ2n) is 3.49. The molecule has 2 rings (SSSR count). The summed E-state index contributed by atoms with van der Waals surface area (Å²) in [7, 11) is 0. The molecular weight excluding hydrogens is 160 g/mol. The summed E-state index contributed by atoms with van der Waals surface area (Å²) in [6, 6.07) is 11.2. The van der Waals surface area contributed by atoms with Gasteiger partial charge in [-0.25, -0.2) is 0 Å². The van der Waals surface area contributed by atoms with Crippen molar-refractivity contribution in [1.29, 1.82) is 0 Å². The van der Waals surface area contributed by atoms with E-state index in [0.717, 1.165) is 0 Å². The van der Waals surface area contributed by atoms with Crippen molar-refractivity contribution in [2.75, 3.05) is 4.90 Å². The quantitative estimate of drug-likeness (QED) is 0.638. The molecule has 2 heteroatoms. The molecule has 0 radical (unpaired) electrons. The number of benzene rings is 1. The van der Waals surface area contributed by atoms with E-state index >= 15 is 0 Å². The molecule has 1 aromatic carbocycles. The van der Waals surface area contributed by atoms with Crippen LogP contribution in [-0.4, -0.2) is 18.4 Å². The van der Waals surface area contributed by atoms with Crippen LogP contribution in [0.5, 0.6) is 0 Å². The van der Waals surface area contributed by atoms with E-state index in [0.29, 0.717) is 12.1 Å². The third-order valence-corrected chi connectivity index (χ3v) is 2.62. The van der Waals surface area contributed by atoms with Crippen molar-refractivity contribution in [1.82, 2.24) is 0 Å². The first-order valence-electron chi connectivity index (χ1n) is 4.66. The lowest BCUT2D eigenvalue weighted by Gasteiger charge is -2.22. The van der Waals surface area contributed by atoms with Crippen LogP contribution in [0.4, 0.5) is 5.69 Å². The number of rotatable bonds is 1. The molecular formula is C11H14N2. The molecule has 1 aromatic rings. The first-order chi connectivity index (χ1) is 6.29. The summed E-state index contributed by atoms with van der Waals surface area (Å²) in [5, 5.41) is 0. The van der Waals surface area contributed by atoms with Gasteiger partial charge in [-0.1, -0.05) is 18.2 Å². The van der Waals surface area contributed by atoms with E-state index in [4.69, 9.17) is 0 Å². The monoisotopic (exact) mass is 174 g/mol. The van der Waals surface area contributed by atoms with Crippen LogP contribution in [0, 0.1) is 0 Å². The Morgan fingerprint density at radius 2 is 1.85 bits per heavy atom. The van der Waals surface area contributed by atoms with E-state index in [2.05, 4.69) is 48.0 Å². The Labute approximate surface area is 78.9 Å². The number of para-hydroxylation sites is 1. The Balaban J connectivity index is 2.24. The zero-order chi connectivity index (χ0) is 9.26. The molecule has 0 aromatic heterocycles. The van der Waals surface area contributed by atoms with Crippen molar-refractivity contribution in [3.05, 3.63) is 30.3 Å². The maximum Gasteiger partial charge on any atom is 0.0901 e. The SMILES string of the molecule is CC1N=CN(c2ccccc2)C1C. The zero-order valence-corrected chi connectivity index (χ0v) is 8.01. The lowest BCUT2D eigenvalue weighted by atomic mass is 10.1. The van der Waals surface area contributed by atoms with Crippen LogP contribution >= 0.6 is 0 Å². The summed E-state index contributed by atoms with van der Waals surface area (Å²) < 4.78 is 0. The summed E-state index contributed by atoms with van der Waals surface area (Å²) in [5.41, 5.74) is 1.23. The number of aliphatic imine (C=N–C) groups is 1. The van der Waals surface area contributed by atoms with Crippen molar-refractivity contribution >= 4 is 12.0 Å². The molecule has 68 valence electrons. The maximum absolute atomic E-state index is 4.38. The molecule has 2 atom stereocenters. The highest BCUT2D eigenvalue weighted by molar-refractivity contribution is 5.82. The van der Waals surface area contributed by atoms with Gasteiger partial charge in [0, 0.05) is 5.69 Å². The van der Waals surface area contributed by atoms with Gasteiger partial charge >= 0.3 is 0 Å². The first kappa shape index (κ1) is 8.30. The third kappa shape index (κ3) is 1.44. The van der Waals surface area contributed by atoms with Gasteiger partial charge in [0.05, 0.1) is 18.4 Å². The molecule has 13 heavy (non-hydrogen) atoms. The Hall–Kier alpha value is -1.31. The Morgan fingerprint density at radius 1 is 1.15 bits per heavy atom. The molecule has 0 N–H and O–H groups in total. The van der Waals surface area contributed by atoms with Gasteiger partial charge in [-0.2, -0.15) is 0 Å². The van der Waals surface area contributed by atoms with Crippen molar-refractivity contribution in [3.63, 3.8) is 0 Å². The standard InChI is InChI=1S/C11H14N2/c1-9-10(2)13(8-12-9)11-6-4-3-5-7-11/h3-10H,1-2H3. The van der Waals surface area contributed by atoms with Gasteiger partial charge in [0.2, 0.25) is 0 Å². The second kappa shape index (κ2) is 3.21. The minimum atomic E-state index is 0.403. The highest BCUT2D eigenvalue weighted by Gasteiger charge is 2.23. The van der Waals surface area contributed by atoms with Gasteiger partial charge in [-0.05, 0) is 26.0 Å². The maximum atomic E-state index is 4.38. The number of anilines is 1. The van der Waals surface area contributed by atoms with Gasteiger partial charge < -0.3 is 4.90 Å². The van der Waals surface area contributed by atoms with Gasteiger partial charge in [0.1, 0.15) is 0 Å². The van der Waals surface area contributed by atoms with E-state index in [-0.39, 0.29) is 0 Å². The predicted molar refractivity (Wildman–Crippen MR) is 56.3 cm³/mol. The molecule has 0 spiro atoms. The van der Waals surface area contributed by atoms with Crippen molar-refractivity contribution in [2.24, 2.45) is 4.99 Å². The summed E-state index contributed by atoms with van der Waals surface area (Å²) >= 11 is 0. The fourth-order valence-electron chi connectivity index (χ4n) is 1.54. The zero-order valence-electron chi connectivity index (χ0n) is 8.01. The topological polar surface area (TPSA) is 15.6 Å². The molecule has 0 saturated carbocycles. The van der Waals surface area contributed by atoms with Crippen molar-refractivity contribution < 1.29 is 0 Å². The molecule has 0 fully saturated rings. The highest BCUT2D eigenvalue weighted by atomic mass is 15.2. The van der Waals surface area contributed by atoms with E-state index in [1.54, 1.807) is 0 Å². The molecule has 2 nitrogen and oxygen atoms in total. The Bertz CT molecular complexity index is 305. The average Bonchev–Trinajstić information content (AvgIpc) is 2.49. The van der Waals surface area contributed by atoms with E-state index < -0.39 is 0 Å². The van der Waals surface area contributed by atoms with Gasteiger partial charge in [0.15, 0.2) is 0 Å². The largest absolute Gasteiger partial charge is 0.328 e. The molecule has 0 bridgehead atoms. The van der Waals surface area contributed by atoms with Crippen LogP contribution in [0.2, 0.25) is 0 Å². The van der Waals surface area contributed by atoms with E-state index in [9.17, 15) is 0 Å². The van der Waals surface area contributed by atoms with E-state index in [1.165, 1.54) is 5.69 Å². The lowest BCUT2D eigenvalue weighted by Crippen LogP contribution is -2.32.